The fourth-order valence-electron chi connectivity index (χ4n) is 3.16. The standard InChI is InChI=1S/C25H29N.C2H6.CH3F/c1-8-9-14-23-20(5)15-16-21(6)25(23)26(7)24(18(2)3)17-22-13-11-10-12-19(22)4;2*1-2/h8-17H,1,4H2,2-3,5-7H3;1-2H3;1H3/b14-9-,22-17-;;. The van der Waals surface area contributed by atoms with Crippen molar-refractivity contribution >= 4 is 24.4 Å². The van der Waals surface area contributed by atoms with E-state index in [0.29, 0.717) is 7.18 Å². The third-order valence-electron chi connectivity index (χ3n) is 4.59. The molecule has 0 aromatic heterocycles. The number of nitrogens with zero attached hydrogens (tertiary/aromatic N) is 1. The third kappa shape index (κ3) is 7.18. The molecule has 0 aliphatic carbocycles. The summed E-state index contributed by atoms with van der Waals surface area (Å²) in [4.78, 5) is 2.28. The van der Waals surface area contributed by atoms with Gasteiger partial charge >= 0.3 is 0 Å². The Morgan fingerprint density at radius 2 is 1.53 bits per heavy atom. The Kier molecular flexibility index (Phi) is 12.8. The molecule has 0 radical (unpaired) electrons. The predicted molar refractivity (Wildman–Crippen MR) is 136 cm³/mol. The molecule has 0 fully saturated rings. The van der Waals surface area contributed by atoms with E-state index < -0.39 is 0 Å². The topological polar surface area (TPSA) is 3.24 Å². The number of rotatable bonds is 5. The second kappa shape index (κ2) is 14.2. The van der Waals surface area contributed by atoms with Crippen molar-refractivity contribution in [2.45, 2.75) is 41.5 Å². The molecule has 30 heavy (non-hydrogen) atoms. The minimum absolute atomic E-state index is 0.500. The van der Waals surface area contributed by atoms with Crippen molar-refractivity contribution in [2.75, 3.05) is 19.1 Å². The van der Waals surface area contributed by atoms with Crippen LogP contribution < -0.4 is 15.3 Å². The van der Waals surface area contributed by atoms with Crippen LogP contribution in [0.25, 0.3) is 18.7 Å². The van der Waals surface area contributed by atoms with E-state index in [9.17, 15) is 4.39 Å². The molecule has 2 aromatic carbocycles. The highest BCUT2D eigenvalue weighted by molar-refractivity contribution is 5.78. The van der Waals surface area contributed by atoms with Gasteiger partial charge in [-0.2, -0.15) is 0 Å². The molecule has 0 aliphatic heterocycles. The quantitative estimate of drug-likeness (QED) is 0.496. The zero-order chi connectivity index (χ0) is 23.3. The van der Waals surface area contributed by atoms with E-state index >= 15 is 0 Å². The summed E-state index contributed by atoms with van der Waals surface area (Å²) in [5.74, 6) is 0. The molecule has 0 bridgehead atoms. The lowest BCUT2D eigenvalue weighted by Crippen LogP contribution is -2.26. The highest BCUT2D eigenvalue weighted by Gasteiger charge is 2.14. The first-order chi connectivity index (χ1) is 14.4. The lowest BCUT2D eigenvalue weighted by Gasteiger charge is -2.27. The summed E-state index contributed by atoms with van der Waals surface area (Å²) in [6.07, 6.45) is 8.17. The molecule has 0 spiro atoms. The molecule has 2 heteroatoms. The zero-order valence-corrected chi connectivity index (χ0v) is 20.0. The van der Waals surface area contributed by atoms with Crippen LogP contribution in [0.15, 0.2) is 66.4 Å². The van der Waals surface area contributed by atoms with Gasteiger partial charge in [0.2, 0.25) is 0 Å². The van der Waals surface area contributed by atoms with Gasteiger partial charge in [-0.1, -0.05) is 87.2 Å². The first kappa shape index (κ1) is 27.1. The van der Waals surface area contributed by atoms with Gasteiger partial charge in [0.25, 0.3) is 0 Å². The highest BCUT2D eigenvalue weighted by atomic mass is 19.1. The first-order valence-electron chi connectivity index (χ1n) is 10.3. The summed E-state index contributed by atoms with van der Waals surface area (Å²) < 4.78 is 9.50. The van der Waals surface area contributed by atoms with Crippen molar-refractivity contribution in [3.05, 3.63) is 93.5 Å². The van der Waals surface area contributed by atoms with Gasteiger partial charge in [0.05, 0.1) is 12.9 Å². The minimum atomic E-state index is 0.500. The van der Waals surface area contributed by atoms with Gasteiger partial charge in [0, 0.05) is 18.3 Å². The van der Waals surface area contributed by atoms with Crippen LogP contribution in [0.2, 0.25) is 0 Å². The lowest BCUT2D eigenvalue weighted by molar-refractivity contribution is 0.636. The van der Waals surface area contributed by atoms with E-state index in [1.807, 2.05) is 38.1 Å². The largest absolute Gasteiger partial charge is 0.344 e. The SMILES string of the molecule is C=C/C=C\c1c(C)ccc(C)c1N(C)C(/C=c1/ccccc1=C)=C(C)C.CC.CF. The minimum Gasteiger partial charge on any atom is -0.344 e. The van der Waals surface area contributed by atoms with Gasteiger partial charge in [0.15, 0.2) is 0 Å². The number of halogens is 1. The lowest BCUT2D eigenvalue weighted by atomic mass is 9.99. The Bertz CT molecular complexity index is 976. The van der Waals surface area contributed by atoms with E-state index in [1.165, 1.54) is 33.6 Å². The van der Waals surface area contributed by atoms with Crippen LogP contribution in [0.4, 0.5) is 10.1 Å². The maximum Gasteiger partial charge on any atom is 0.0785 e. The highest BCUT2D eigenvalue weighted by Crippen LogP contribution is 2.32. The summed E-state index contributed by atoms with van der Waals surface area (Å²) >= 11 is 0. The second-order valence-electron chi connectivity index (χ2n) is 6.84. The van der Waals surface area contributed by atoms with Crippen molar-refractivity contribution in [3.63, 3.8) is 0 Å². The molecule has 0 saturated heterocycles. The summed E-state index contributed by atoms with van der Waals surface area (Å²) in [7, 11) is 2.64. The van der Waals surface area contributed by atoms with E-state index in [2.05, 4.69) is 89.2 Å². The van der Waals surface area contributed by atoms with E-state index in [0.717, 1.165) is 10.4 Å². The van der Waals surface area contributed by atoms with Crippen LogP contribution in [0.3, 0.4) is 0 Å². The van der Waals surface area contributed by atoms with Gasteiger partial charge in [-0.3, -0.25) is 4.39 Å². The number of alkyl halides is 1. The second-order valence-corrected chi connectivity index (χ2v) is 6.84. The van der Waals surface area contributed by atoms with Crippen LogP contribution >= 0.6 is 0 Å². The normalized spacial score (nSPS) is 10.5. The van der Waals surface area contributed by atoms with Crippen LogP contribution in [0.1, 0.15) is 44.4 Å². The Hall–Kier alpha value is -2.87. The van der Waals surface area contributed by atoms with Gasteiger partial charge in [-0.25, -0.2) is 0 Å². The van der Waals surface area contributed by atoms with Gasteiger partial charge in [-0.15, -0.1) is 0 Å². The Morgan fingerprint density at radius 1 is 0.967 bits per heavy atom. The van der Waals surface area contributed by atoms with Gasteiger partial charge in [0.1, 0.15) is 0 Å². The number of allylic oxidation sites excluding steroid dienone is 4. The molecular formula is C28H38FN. The molecule has 2 aromatic rings. The summed E-state index contributed by atoms with van der Waals surface area (Å²) in [6.45, 7) is 20.6. The molecule has 1 nitrogen and oxygen atoms in total. The molecule has 0 unspecified atom stereocenters. The first-order valence-corrected chi connectivity index (χ1v) is 10.3. The molecule has 0 N–H and O–H groups in total. The van der Waals surface area contributed by atoms with Crippen LogP contribution in [-0.4, -0.2) is 14.2 Å². The summed E-state index contributed by atoms with van der Waals surface area (Å²) in [5.41, 5.74) is 7.39. The average molecular weight is 408 g/mol. The summed E-state index contributed by atoms with van der Waals surface area (Å²) in [6, 6.07) is 12.6. The number of anilines is 1. The van der Waals surface area contributed by atoms with Gasteiger partial charge < -0.3 is 4.90 Å². The molecule has 2 rings (SSSR count). The fourth-order valence-corrected chi connectivity index (χ4v) is 3.16. The smallest absolute Gasteiger partial charge is 0.0785 e. The molecular weight excluding hydrogens is 369 g/mol. The Balaban J connectivity index is 0.00000198. The maximum absolute atomic E-state index is 9.50. The van der Waals surface area contributed by atoms with Crippen molar-refractivity contribution in [2.24, 2.45) is 0 Å². The van der Waals surface area contributed by atoms with Gasteiger partial charge in [-0.05, 0) is 55.3 Å². The average Bonchev–Trinajstić information content (AvgIpc) is 2.75. The van der Waals surface area contributed by atoms with Crippen molar-refractivity contribution < 1.29 is 4.39 Å². The molecule has 0 saturated carbocycles. The number of hydrogen-bond acceptors (Lipinski definition) is 1. The van der Waals surface area contributed by atoms with Crippen molar-refractivity contribution in [1.82, 2.24) is 0 Å². The van der Waals surface area contributed by atoms with Crippen LogP contribution in [-0.2, 0) is 0 Å². The summed E-state index contributed by atoms with van der Waals surface area (Å²) in [5, 5.41) is 2.18. The van der Waals surface area contributed by atoms with E-state index in [1.54, 1.807) is 0 Å². The van der Waals surface area contributed by atoms with Crippen molar-refractivity contribution in [1.29, 1.82) is 0 Å². The number of hydrogen-bond donors (Lipinski definition) is 0. The number of benzene rings is 2. The maximum atomic E-state index is 9.50. The van der Waals surface area contributed by atoms with Crippen LogP contribution in [0.5, 0.6) is 0 Å². The third-order valence-corrected chi connectivity index (χ3v) is 4.59. The molecule has 0 heterocycles. The number of aryl methyl sites for hydroxylation is 2. The zero-order valence-electron chi connectivity index (χ0n) is 20.0. The fraction of sp³-hybridized carbons (Fsp3) is 0.286. The monoisotopic (exact) mass is 407 g/mol. The molecule has 0 amide bonds. The molecule has 0 atom stereocenters. The van der Waals surface area contributed by atoms with E-state index in [4.69, 9.17) is 0 Å². The van der Waals surface area contributed by atoms with E-state index in [-0.39, 0.29) is 0 Å². The molecule has 0 aliphatic rings. The predicted octanol–water partition coefficient (Wildman–Crippen LogP) is 6.74. The Morgan fingerprint density at radius 3 is 2.07 bits per heavy atom. The molecule has 162 valence electrons. The van der Waals surface area contributed by atoms with Crippen molar-refractivity contribution in [3.8, 4) is 0 Å². The Labute approximate surface area is 183 Å². The van der Waals surface area contributed by atoms with Crippen LogP contribution in [0, 0.1) is 13.8 Å².